The summed E-state index contributed by atoms with van der Waals surface area (Å²) in [5.41, 5.74) is 0.496. The van der Waals surface area contributed by atoms with E-state index >= 15 is 0 Å². The average molecular weight is 276 g/mol. The molecule has 0 atom stereocenters. The molecule has 0 fully saturated rings. The van der Waals surface area contributed by atoms with Gasteiger partial charge in [-0.3, -0.25) is 9.59 Å². The van der Waals surface area contributed by atoms with Crippen molar-refractivity contribution in [1.82, 2.24) is 9.96 Å². The Kier molecular flexibility index (Phi) is 3.74. The van der Waals surface area contributed by atoms with E-state index in [4.69, 9.17) is 4.84 Å². The van der Waals surface area contributed by atoms with Gasteiger partial charge >= 0.3 is 6.09 Å². The Morgan fingerprint density at radius 2 is 1.70 bits per heavy atom. The first kappa shape index (κ1) is 14.0. The lowest BCUT2D eigenvalue weighted by atomic mass is 10.1. The van der Waals surface area contributed by atoms with Crippen LogP contribution in [0.3, 0.4) is 0 Å². The summed E-state index contributed by atoms with van der Waals surface area (Å²) >= 11 is 0. The maximum atomic E-state index is 12.0. The predicted molar refractivity (Wildman–Crippen MR) is 70.9 cm³/mol. The fourth-order valence-electron chi connectivity index (χ4n) is 2.09. The number of hydrogen-bond acceptors (Lipinski definition) is 4. The predicted octanol–water partition coefficient (Wildman–Crippen LogP) is 2.06. The Morgan fingerprint density at radius 3 is 2.10 bits per heavy atom. The minimum absolute atomic E-state index is 0.0808. The molecule has 20 heavy (non-hydrogen) atoms. The number of nitrogens with zero attached hydrogens (tertiary/aromatic N) is 2. The first-order valence-electron chi connectivity index (χ1n) is 6.43. The quantitative estimate of drug-likeness (QED) is 0.792. The van der Waals surface area contributed by atoms with Crippen molar-refractivity contribution in [3.63, 3.8) is 0 Å². The van der Waals surface area contributed by atoms with Gasteiger partial charge < -0.3 is 9.74 Å². The molecule has 0 saturated heterocycles. The molecule has 1 aliphatic heterocycles. The van der Waals surface area contributed by atoms with Crippen molar-refractivity contribution in [1.29, 1.82) is 0 Å². The maximum Gasteiger partial charge on any atom is 0.435 e. The highest BCUT2D eigenvalue weighted by Crippen LogP contribution is 2.23. The normalized spacial score (nSPS) is 13.7. The van der Waals surface area contributed by atoms with E-state index in [-0.39, 0.29) is 17.2 Å². The molecule has 0 spiro atoms. The summed E-state index contributed by atoms with van der Waals surface area (Å²) in [7, 11) is 0. The highest BCUT2D eigenvalue weighted by Gasteiger charge is 2.39. The zero-order chi connectivity index (χ0) is 14.9. The van der Waals surface area contributed by atoms with Crippen LogP contribution in [0.15, 0.2) is 24.3 Å². The van der Waals surface area contributed by atoms with Crippen LogP contribution >= 0.6 is 0 Å². The molecule has 6 heteroatoms. The third-order valence-electron chi connectivity index (χ3n) is 3.12. The summed E-state index contributed by atoms with van der Waals surface area (Å²) in [6.07, 6.45) is -0.711. The van der Waals surface area contributed by atoms with E-state index in [9.17, 15) is 14.4 Å². The smallest absolute Gasteiger partial charge is 0.310 e. The van der Waals surface area contributed by atoms with E-state index in [0.717, 1.165) is 0 Å². The van der Waals surface area contributed by atoms with Crippen LogP contribution < -0.4 is 0 Å². The third-order valence-corrected chi connectivity index (χ3v) is 3.12. The standard InChI is InChI=1S/C14H16N2O4/c1-4-15(9(2)3)14(19)20-16-12(17)10-7-5-6-8-11(10)13(16)18/h5-9H,4H2,1-3H3. The monoisotopic (exact) mass is 276 g/mol. The van der Waals surface area contributed by atoms with E-state index in [1.54, 1.807) is 19.1 Å². The van der Waals surface area contributed by atoms with Crippen molar-refractivity contribution < 1.29 is 19.2 Å². The zero-order valence-electron chi connectivity index (χ0n) is 11.6. The van der Waals surface area contributed by atoms with Gasteiger partial charge in [0.1, 0.15) is 0 Å². The third kappa shape index (κ3) is 2.24. The summed E-state index contributed by atoms with van der Waals surface area (Å²) < 4.78 is 0. The second-order valence-corrected chi connectivity index (χ2v) is 4.69. The van der Waals surface area contributed by atoms with Crippen LogP contribution in [0.1, 0.15) is 41.5 Å². The second-order valence-electron chi connectivity index (χ2n) is 4.69. The zero-order valence-corrected chi connectivity index (χ0v) is 11.6. The number of fused-ring (bicyclic) bond motifs is 1. The summed E-state index contributed by atoms with van der Waals surface area (Å²) in [6, 6.07) is 6.29. The van der Waals surface area contributed by atoms with Gasteiger partial charge in [0.25, 0.3) is 11.8 Å². The highest BCUT2D eigenvalue weighted by atomic mass is 16.7. The van der Waals surface area contributed by atoms with Gasteiger partial charge in [-0.05, 0) is 32.9 Å². The molecule has 0 aliphatic carbocycles. The van der Waals surface area contributed by atoms with Crippen LogP contribution in [0, 0.1) is 0 Å². The van der Waals surface area contributed by atoms with Gasteiger partial charge in [-0.15, -0.1) is 0 Å². The van der Waals surface area contributed by atoms with Crippen molar-refractivity contribution >= 4 is 17.9 Å². The molecule has 6 nitrogen and oxygen atoms in total. The van der Waals surface area contributed by atoms with Crippen molar-refractivity contribution in [3.05, 3.63) is 35.4 Å². The summed E-state index contributed by atoms with van der Waals surface area (Å²) in [5, 5.41) is 0.526. The van der Waals surface area contributed by atoms with Crippen molar-refractivity contribution in [3.8, 4) is 0 Å². The van der Waals surface area contributed by atoms with Gasteiger partial charge in [-0.2, -0.15) is 0 Å². The number of hydrogen-bond donors (Lipinski definition) is 0. The molecule has 1 aromatic carbocycles. The molecule has 2 rings (SSSR count). The minimum Gasteiger partial charge on any atom is -0.310 e. The van der Waals surface area contributed by atoms with Gasteiger partial charge in [0, 0.05) is 12.6 Å². The lowest BCUT2D eigenvalue weighted by Gasteiger charge is -2.25. The molecule has 1 aromatic rings. The molecule has 106 valence electrons. The topological polar surface area (TPSA) is 66.9 Å². The largest absolute Gasteiger partial charge is 0.435 e. The lowest BCUT2D eigenvalue weighted by Crippen LogP contribution is -2.42. The fraction of sp³-hybridized carbons (Fsp3) is 0.357. The van der Waals surface area contributed by atoms with Crippen LogP contribution in [-0.4, -0.2) is 40.5 Å². The Labute approximate surface area is 116 Å². The summed E-state index contributed by atoms with van der Waals surface area (Å²) in [6.45, 7) is 5.88. The van der Waals surface area contributed by atoms with Crippen LogP contribution in [-0.2, 0) is 4.84 Å². The van der Waals surface area contributed by atoms with Crippen LogP contribution in [0.4, 0.5) is 4.79 Å². The highest BCUT2D eigenvalue weighted by molar-refractivity contribution is 6.20. The number of amides is 3. The molecule has 1 aliphatic rings. The maximum absolute atomic E-state index is 12.0. The van der Waals surface area contributed by atoms with Gasteiger partial charge in [-0.1, -0.05) is 17.2 Å². The fourth-order valence-corrected chi connectivity index (χ4v) is 2.09. The van der Waals surface area contributed by atoms with E-state index < -0.39 is 17.9 Å². The van der Waals surface area contributed by atoms with Crippen molar-refractivity contribution in [2.24, 2.45) is 0 Å². The van der Waals surface area contributed by atoms with E-state index in [1.807, 2.05) is 13.8 Å². The Hall–Kier alpha value is -2.37. The summed E-state index contributed by atoms with van der Waals surface area (Å²) in [4.78, 5) is 42.4. The number of carbonyl (C=O) groups is 3. The molecule has 0 unspecified atom stereocenters. The molecular weight excluding hydrogens is 260 g/mol. The van der Waals surface area contributed by atoms with Crippen molar-refractivity contribution in [2.45, 2.75) is 26.8 Å². The number of benzene rings is 1. The van der Waals surface area contributed by atoms with Gasteiger partial charge in [0.2, 0.25) is 0 Å². The first-order valence-corrected chi connectivity index (χ1v) is 6.43. The Morgan fingerprint density at radius 1 is 1.20 bits per heavy atom. The molecule has 3 amide bonds. The molecule has 0 aromatic heterocycles. The minimum atomic E-state index is -0.711. The SMILES string of the molecule is CCN(C(=O)ON1C(=O)c2ccccc2C1=O)C(C)C. The number of imide groups is 1. The average Bonchev–Trinajstić information content (AvgIpc) is 2.65. The number of rotatable bonds is 3. The Balaban J connectivity index is 2.19. The van der Waals surface area contributed by atoms with Crippen LogP contribution in [0.25, 0.3) is 0 Å². The molecule has 0 bridgehead atoms. The summed E-state index contributed by atoms with van der Waals surface area (Å²) in [5.74, 6) is -1.22. The lowest BCUT2D eigenvalue weighted by molar-refractivity contribution is -0.0592. The molecule has 0 saturated carbocycles. The molecular formula is C14H16N2O4. The van der Waals surface area contributed by atoms with E-state index in [2.05, 4.69) is 0 Å². The second kappa shape index (κ2) is 5.32. The molecule has 0 radical (unpaired) electrons. The van der Waals surface area contributed by atoms with Gasteiger partial charge in [0.05, 0.1) is 11.1 Å². The number of carbonyl (C=O) groups excluding carboxylic acids is 3. The van der Waals surface area contributed by atoms with Gasteiger partial charge in [-0.25, -0.2) is 4.79 Å². The van der Waals surface area contributed by atoms with Crippen LogP contribution in [0.5, 0.6) is 0 Å². The molecule has 1 heterocycles. The van der Waals surface area contributed by atoms with Gasteiger partial charge in [0.15, 0.2) is 0 Å². The van der Waals surface area contributed by atoms with E-state index in [0.29, 0.717) is 11.6 Å². The van der Waals surface area contributed by atoms with E-state index in [1.165, 1.54) is 17.0 Å². The Bertz CT molecular complexity index is 533. The molecule has 0 N–H and O–H groups in total. The first-order chi connectivity index (χ1) is 9.47. The number of hydroxylamine groups is 2. The van der Waals surface area contributed by atoms with Crippen LogP contribution in [0.2, 0.25) is 0 Å². The van der Waals surface area contributed by atoms with Crippen molar-refractivity contribution in [2.75, 3.05) is 6.54 Å².